The average Bonchev–Trinajstić information content (AvgIpc) is 2.54. The van der Waals surface area contributed by atoms with E-state index in [0.29, 0.717) is 19.1 Å². The van der Waals surface area contributed by atoms with Gasteiger partial charge in [-0.3, -0.25) is 4.99 Å². The molecule has 0 saturated carbocycles. The van der Waals surface area contributed by atoms with Crippen LogP contribution in [0.25, 0.3) is 0 Å². The zero-order valence-corrected chi connectivity index (χ0v) is 18.3. The van der Waals surface area contributed by atoms with Gasteiger partial charge in [-0.25, -0.2) is 13.1 Å². The fraction of sp³-hybridized carbons (Fsp3) is 0.933. The third kappa shape index (κ3) is 10.00. The number of nitrogens with zero attached hydrogens (tertiary/aromatic N) is 2. The van der Waals surface area contributed by atoms with Gasteiger partial charge in [-0.2, -0.15) is 0 Å². The molecule has 1 aliphatic heterocycles. The lowest BCUT2D eigenvalue weighted by atomic mass is 10.1. The molecule has 24 heavy (non-hydrogen) atoms. The Balaban J connectivity index is 0.00000529. The largest absolute Gasteiger partial charge is 0.357 e. The molecule has 0 aromatic carbocycles. The summed E-state index contributed by atoms with van der Waals surface area (Å²) in [6.45, 7) is 10.9. The van der Waals surface area contributed by atoms with Gasteiger partial charge in [0.2, 0.25) is 10.0 Å². The van der Waals surface area contributed by atoms with Crippen molar-refractivity contribution in [2.24, 2.45) is 4.99 Å². The first kappa shape index (κ1) is 23.9. The topological polar surface area (TPSA) is 85.8 Å². The van der Waals surface area contributed by atoms with Gasteiger partial charge in [-0.1, -0.05) is 6.92 Å². The number of nitrogens with one attached hydrogen (secondary N) is 3. The molecule has 0 spiro atoms. The summed E-state index contributed by atoms with van der Waals surface area (Å²) in [5.74, 6) is 0.878. The Labute approximate surface area is 164 Å². The van der Waals surface area contributed by atoms with Crippen molar-refractivity contribution in [2.45, 2.75) is 46.1 Å². The maximum Gasteiger partial charge on any atom is 0.211 e. The molecule has 1 rings (SSSR count). The predicted molar refractivity (Wildman–Crippen MR) is 112 cm³/mol. The first-order valence-corrected chi connectivity index (χ1v) is 10.4. The Morgan fingerprint density at radius 1 is 1.21 bits per heavy atom. The number of sulfonamides is 1. The van der Waals surface area contributed by atoms with Crippen LogP contribution in [0.5, 0.6) is 0 Å². The van der Waals surface area contributed by atoms with Crippen molar-refractivity contribution in [3.63, 3.8) is 0 Å². The zero-order valence-electron chi connectivity index (χ0n) is 15.2. The normalized spacial score (nSPS) is 17.4. The first-order chi connectivity index (χ1) is 11.0. The molecule has 1 aliphatic rings. The molecule has 1 fully saturated rings. The minimum atomic E-state index is -3.13. The van der Waals surface area contributed by atoms with Crippen LogP contribution in [0.2, 0.25) is 0 Å². The molecule has 7 nitrogen and oxygen atoms in total. The van der Waals surface area contributed by atoms with Gasteiger partial charge < -0.3 is 15.5 Å². The fourth-order valence-electron chi connectivity index (χ4n) is 2.60. The van der Waals surface area contributed by atoms with Crippen LogP contribution >= 0.6 is 24.0 Å². The summed E-state index contributed by atoms with van der Waals surface area (Å²) >= 11 is 0. The standard InChI is InChI=1S/C15H33N5O2S.HI/c1-4-11-20-12-7-14(8-13-20)19-15(16-5-2)17-9-10-18-23(21,22)6-3;/h14,18H,4-13H2,1-3H3,(H2,16,17,19);1H. The van der Waals surface area contributed by atoms with Gasteiger partial charge in [0.05, 0.1) is 12.3 Å². The van der Waals surface area contributed by atoms with Crippen molar-refractivity contribution >= 4 is 40.0 Å². The van der Waals surface area contributed by atoms with Crippen LogP contribution in [0.1, 0.15) is 40.0 Å². The highest BCUT2D eigenvalue weighted by Crippen LogP contribution is 2.10. The maximum atomic E-state index is 11.4. The van der Waals surface area contributed by atoms with E-state index in [1.165, 1.54) is 13.0 Å². The SMILES string of the molecule is CCCN1CCC(NC(=NCCNS(=O)(=O)CC)NCC)CC1.I. The second-order valence-electron chi connectivity index (χ2n) is 5.82. The lowest BCUT2D eigenvalue weighted by molar-refractivity contribution is 0.206. The second kappa shape index (κ2) is 13.1. The molecule has 0 amide bonds. The van der Waals surface area contributed by atoms with Crippen molar-refractivity contribution < 1.29 is 8.42 Å². The highest BCUT2D eigenvalue weighted by atomic mass is 127. The zero-order chi connectivity index (χ0) is 17.1. The second-order valence-corrected chi connectivity index (χ2v) is 7.91. The van der Waals surface area contributed by atoms with Gasteiger partial charge in [0.15, 0.2) is 5.96 Å². The van der Waals surface area contributed by atoms with Crippen molar-refractivity contribution in [1.29, 1.82) is 0 Å². The van der Waals surface area contributed by atoms with Gasteiger partial charge >= 0.3 is 0 Å². The van der Waals surface area contributed by atoms with Gasteiger partial charge in [-0.15, -0.1) is 24.0 Å². The van der Waals surface area contributed by atoms with E-state index in [9.17, 15) is 8.42 Å². The molecule has 3 N–H and O–H groups in total. The summed E-state index contributed by atoms with van der Waals surface area (Å²) in [5, 5.41) is 6.69. The maximum absolute atomic E-state index is 11.4. The summed E-state index contributed by atoms with van der Waals surface area (Å²) < 4.78 is 25.3. The molecule has 0 aromatic heterocycles. The van der Waals surface area contributed by atoms with Gasteiger partial charge in [-0.05, 0) is 39.7 Å². The molecule has 0 atom stereocenters. The van der Waals surface area contributed by atoms with Crippen LogP contribution < -0.4 is 15.4 Å². The number of hydrogen-bond acceptors (Lipinski definition) is 4. The van der Waals surface area contributed by atoms with Crippen LogP contribution in [0.3, 0.4) is 0 Å². The van der Waals surface area contributed by atoms with E-state index in [2.05, 4.69) is 32.2 Å². The van der Waals surface area contributed by atoms with E-state index >= 15 is 0 Å². The van der Waals surface area contributed by atoms with Crippen LogP contribution in [0.4, 0.5) is 0 Å². The smallest absolute Gasteiger partial charge is 0.211 e. The molecule has 0 radical (unpaired) electrons. The van der Waals surface area contributed by atoms with Crippen molar-refractivity contribution in [1.82, 2.24) is 20.3 Å². The Morgan fingerprint density at radius 2 is 1.88 bits per heavy atom. The van der Waals surface area contributed by atoms with Crippen LogP contribution in [-0.2, 0) is 10.0 Å². The minimum Gasteiger partial charge on any atom is -0.357 e. The molecule has 9 heteroatoms. The molecule has 0 unspecified atom stereocenters. The number of piperidine rings is 1. The van der Waals surface area contributed by atoms with Gasteiger partial charge in [0.25, 0.3) is 0 Å². The summed E-state index contributed by atoms with van der Waals surface area (Å²) in [6, 6.07) is 0.438. The quantitative estimate of drug-likeness (QED) is 0.200. The van der Waals surface area contributed by atoms with Gasteiger partial charge in [0, 0.05) is 32.2 Å². The molecule has 0 aromatic rings. The summed E-state index contributed by atoms with van der Waals surface area (Å²) in [4.78, 5) is 6.96. The third-order valence-corrected chi connectivity index (χ3v) is 5.30. The molecule has 144 valence electrons. The van der Waals surface area contributed by atoms with Crippen molar-refractivity contribution in [3.05, 3.63) is 0 Å². The molecular weight excluding hydrogens is 441 g/mol. The van der Waals surface area contributed by atoms with Crippen molar-refractivity contribution in [2.75, 3.05) is 45.0 Å². The summed E-state index contributed by atoms with van der Waals surface area (Å²) in [5.41, 5.74) is 0. The van der Waals surface area contributed by atoms with E-state index in [1.54, 1.807) is 6.92 Å². The highest BCUT2D eigenvalue weighted by molar-refractivity contribution is 14.0. The minimum absolute atomic E-state index is 0. The van der Waals surface area contributed by atoms with Crippen LogP contribution in [0.15, 0.2) is 4.99 Å². The Bertz CT molecular complexity index is 451. The number of guanidine groups is 1. The van der Waals surface area contributed by atoms with Gasteiger partial charge in [0.1, 0.15) is 0 Å². The lowest BCUT2D eigenvalue weighted by Crippen LogP contribution is -2.49. The molecule has 1 saturated heterocycles. The van der Waals surface area contributed by atoms with E-state index in [-0.39, 0.29) is 29.7 Å². The third-order valence-electron chi connectivity index (χ3n) is 3.90. The number of halogens is 1. The van der Waals surface area contributed by atoms with Crippen LogP contribution in [0, 0.1) is 0 Å². The van der Waals surface area contributed by atoms with E-state index in [0.717, 1.165) is 38.4 Å². The van der Waals surface area contributed by atoms with E-state index in [1.807, 2.05) is 6.92 Å². The lowest BCUT2D eigenvalue weighted by Gasteiger charge is -2.32. The highest BCUT2D eigenvalue weighted by Gasteiger charge is 2.19. The average molecular weight is 475 g/mol. The van der Waals surface area contributed by atoms with Crippen molar-refractivity contribution in [3.8, 4) is 0 Å². The number of hydrogen-bond donors (Lipinski definition) is 3. The van der Waals surface area contributed by atoms with E-state index < -0.39 is 10.0 Å². The number of aliphatic imine (C=N–C) groups is 1. The Morgan fingerprint density at radius 3 is 2.42 bits per heavy atom. The van der Waals surface area contributed by atoms with E-state index in [4.69, 9.17) is 0 Å². The molecular formula is C15H34IN5O2S. The Kier molecular flexibility index (Phi) is 13.1. The molecule has 0 bridgehead atoms. The Hall–Kier alpha value is -0.130. The monoisotopic (exact) mass is 475 g/mol. The first-order valence-electron chi connectivity index (χ1n) is 8.75. The summed E-state index contributed by atoms with van der Waals surface area (Å²) in [7, 11) is -3.13. The number of likely N-dealkylation sites (tertiary alicyclic amines) is 1. The summed E-state index contributed by atoms with van der Waals surface area (Å²) in [6.07, 6.45) is 3.44. The molecule has 0 aliphatic carbocycles. The molecule has 1 heterocycles. The predicted octanol–water partition coefficient (Wildman–Crippen LogP) is 0.973. The van der Waals surface area contributed by atoms with Crippen LogP contribution in [-0.4, -0.2) is 70.3 Å². The fourth-order valence-corrected chi connectivity index (χ4v) is 3.21. The number of rotatable bonds is 9.